The van der Waals surface area contributed by atoms with Gasteiger partial charge in [-0.2, -0.15) is 0 Å². The van der Waals surface area contributed by atoms with Crippen LogP contribution >= 0.6 is 11.3 Å². The third-order valence-corrected chi connectivity index (χ3v) is 5.54. The van der Waals surface area contributed by atoms with E-state index in [1.54, 1.807) is 24.5 Å². The number of hydrogen-bond donors (Lipinski definition) is 1. The molecule has 238 valence electrons. The average Bonchev–Trinajstić information content (AvgIpc) is 3.48. The van der Waals surface area contributed by atoms with E-state index in [1.165, 1.54) is 24.7 Å². The summed E-state index contributed by atoms with van der Waals surface area (Å²) < 4.78 is 0. The van der Waals surface area contributed by atoms with Gasteiger partial charge in [-0.3, -0.25) is 24.9 Å². The lowest BCUT2D eigenvalue weighted by Crippen LogP contribution is -2.11. The van der Waals surface area contributed by atoms with Crippen LogP contribution in [0.3, 0.4) is 0 Å². The van der Waals surface area contributed by atoms with E-state index in [-0.39, 0.29) is 11.7 Å². The number of carbonyl (C=O) groups excluding carboxylic acids is 2. The van der Waals surface area contributed by atoms with E-state index in [0.29, 0.717) is 16.4 Å². The first-order chi connectivity index (χ1) is 20.4. The molecule has 43 heavy (non-hydrogen) atoms. The number of ketones is 1. The SMILES string of the molecule is CC.CC(C)=Nc1cccc(C(=O)Nc2nccs2)c1.CC(C)C.CC/C=C\C=C1\C=C(C(C)=O)N=CC1.CCC(C)C. The number of carbonyl (C=O) groups is 2. The quantitative estimate of drug-likeness (QED) is 0.317. The second-order valence-corrected chi connectivity index (χ2v) is 11.5. The molecule has 0 unspecified atom stereocenters. The molecule has 2 aromatic rings. The molecule has 2 heterocycles. The van der Waals surface area contributed by atoms with Crippen LogP contribution in [0.15, 0.2) is 81.4 Å². The second kappa shape index (κ2) is 26.2. The van der Waals surface area contributed by atoms with Gasteiger partial charge in [-0.25, -0.2) is 4.98 Å². The van der Waals surface area contributed by atoms with Gasteiger partial charge in [-0.15, -0.1) is 11.3 Å². The number of rotatable bonds is 7. The molecule has 7 heteroatoms. The van der Waals surface area contributed by atoms with Crippen molar-refractivity contribution in [3.05, 3.63) is 77.0 Å². The predicted octanol–water partition coefficient (Wildman–Crippen LogP) is 11.1. The Bertz CT molecular complexity index is 1180. The third-order valence-electron chi connectivity index (χ3n) is 4.85. The van der Waals surface area contributed by atoms with E-state index < -0.39 is 0 Å². The summed E-state index contributed by atoms with van der Waals surface area (Å²) in [5.74, 6) is 1.57. The van der Waals surface area contributed by atoms with Crippen molar-refractivity contribution in [2.75, 3.05) is 5.32 Å². The molecule has 0 atom stereocenters. The van der Waals surface area contributed by atoms with Crippen LogP contribution in [0.2, 0.25) is 0 Å². The van der Waals surface area contributed by atoms with E-state index in [0.717, 1.165) is 41.6 Å². The van der Waals surface area contributed by atoms with Gasteiger partial charge in [0.05, 0.1) is 5.69 Å². The number of anilines is 1. The third kappa shape index (κ3) is 23.8. The number of hydrogen-bond acceptors (Lipinski definition) is 6. The molecule has 0 aliphatic carbocycles. The Morgan fingerprint density at radius 1 is 1.07 bits per heavy atom. The van der Waals surface area contributed by atoms with Crippen LogP contribution in [0.1, 0.15) is 113 Å². The number of thiazole rings is 1. The Hall–Kier alpha value is -3.45. The highest BCUT2D eigenvalue weighted by atomic mass is 32.1. The predicted molar refractivity (Wildman–Crippen MR) is 191 cm³/mol. The van der Waals surface area contributed by atoms with E-state index in [1.807, 2.05) is 63.4 Å². The number of amides is 1. The first-order valence-electron chi connectivity index (χ1n) is 15.3. The number of Topliss-reactive ketones (excluding diaryl/α,β-unsaturated/α-hetero) is 1. The average molecular weight is 609 g/mol. The molecule has 0 saturated carbocycles. The van der Waals surface area contributed by atoms with Crippen LogP contribution in [0.5, 0.6) is 0 Å². The van der Waals surface area contributed by atoms with Crippen molar-refractivity contribution in [2.24, 2.45) is 21.8 Å². The van der Waals surface area contributed by atoms with Crippen molar-refractivity contribution in [3.63, 3.8) is 0 Å². The highest BCUT2D eigenvalue weighted by Gasteiger charge is 2.08. The molecule has 3 rings (SSSR count). The molecule has 6 nitrogen and oxygen atoms in total. The van der Waals surface area contributed by atoms with Crippen molar-refractivity contribution >= 4 is 45.8 Å². The summed E-state index contributed by atoms with van der Waals surface area (Å²) >= 11 is 1.39. The van der Waals surface area contributed by atoms with E-state index in [9.17, 15) is 9.59 Å². The van der Waals surface area contributed by atoms with Gasteiger partial charge in [0, 0.05) is 42.4 Å². The number of aromatic nitrogens is 1. The summed E-state index contributed by atoms with van der Waals surface area (Å²) in [6, 6.07) is 7.20. The van der Waals surface area contributed by atoms with Crippen molar-refractivity contribution < 1.29 is 9.59 Å². The van der Waals surface area contributed by atoms with Gasteiger partial charge in [0.15, 0.2) is 10.9 Å². The summed E-state index contributed by atoms with van der Waals surface area (Å²) in [5, 5.41) is 5.15. The zero-order chi connectivity index (χ0) is 33.2. The standard InChI is InChI=1S/C13H13N3OS.C12H15NO.C5H12.C4H10.C2H6/c1-9(2)15-11-5-3-4-10(8-11)12(17)16-13-14-6-7-18-13;1-3-4-5-6-11-7-8-13-12(9-11)10(2)14;1-4-5(2)3;1-4(2)3;1-2/h3-8H,1-2H3,(H,14,16,17);4-6,8-9H,3,7H2,1-2H3;5H,4H2,1-3H3;4H,1-3H3;1-2H3/b;5-4-,11-6+;;;. The smallest absolute Gasteiger partial charge is 0.257 e. The van der Waals surface area contributed by atoms with E-state index >= 15 is 0 Å². The first kappa shape index (κ1) is 41.7. The Morgan fingerprint density at radius 3 is 2.19 bits per heavy atom. The summed E-state index contributed by atoms with van der Waals surface area (Å²) in [5.41, 5.74) is 3.99. The topological polar surface area (TPSA) is 83.8 Å². The van der Waals surface area contributed by atoms with Gasteiger partial charge < -0.3 is 0 Å². The molecule has 0 radical (unpaired) electrons. The van der Waals surface area contributed by atoms with Crippen molar-refractivity contribution in [2.45, 2.75) is 102 Å². The van der Waals surface area contributed by atoms with Gasteiger partial charge in [0.2, 0.25) is 0 Å². The summed E-state index contributed by atoms with van der Waals surface area (Å²) in [7, 11) is 0. The molecule has 0 bridgehead atoms. The molecule has 1 aliphatic heterocycles. The van der Waals surface area contributed by atoms with Gasteiger partial charge in [-0.05, 0) is 62.0 Å². The number of allylic oxidation sites excluding steroid dienone is 6. The summed E-state index contributed by atoms with van der Waals surface area (Å²) in [6.45, 7) is 24.6. The van der Waals surface area contributed by atoms with Crippen molar-refractivity contribution in [1.82, 2.24) is 4.98 Å². The Kier molecular flexibility index (Phi) is 25.4. The maximum Gasteiger partial charge on any atom is 0.257 e. The normalized spacial score (nSPS) is 12.4. The zero-order valence-electron chi connectivity index (χ0n) is 28.7. The fourth-order valence-electron chi connectivity index (χ4n) is 2.59. The van der Waals surface area contributed by atoms with E-state index in [2.05, 4.69) is 74.8 Å². The lowest BCUT2D eigenvalue weighted by molar-refractivity contribution is -0.113. The van der Waals surface area contributed by atoms with Crippen molar-refractivity contribution in [3.8, 4) is 0 Å². The maximum atomic E-state index is 12.0. The fourth-order valence-corrected chi connectivity index (χ4v) is 3.11. The van der Waals surface area contributed by atoms with Gasteiger partial charge in [0.1, 0.15) is 5.70 Å². The number of nitrogens with zero attached hydrogens (tertiary/aromatic N) is 3. The molecular weight excluding hydrogens is 552 g/mol. The zero-order valence-corrected chi connectivity index (χ0v) is 29.5. The number of benzene rings is 1. The van der Waals surface area contributed by atoms with E-state index in [4.69, 9.17) is 0 Å². The molecule has 1 aromatic carbocycles. The molecule has 0 saturated heterocycles. The Morgan fingerprint density at radius 2 is 1.70 bits per heavy atom. The van der Waals surface area contributed by atoms with Crippen molar-refractivity contribution in [1.29, 1.82) is 0 Å². The van der Waals surface area contributed by atoms with Crippen LogP contribution in [-0.2, 0) is 4.79 Å². The largest absolute Gasteiger partial charge is 0.298 e. The fraction of sp³-hybridized carbons (Fsp3) is 0.472. The minimum absolute atomic E-state index is 0.0197. The summed E-state index contributed by atoms with van der Waals surface area (Å²) in [6.07, 6.45) is 14.6. The molecular formula is C36H56N4O2S. The van der Waals surface area contributed by atoms with Crippen LogP contribution in [0.25, 0.3) is 0 Å². The molecule has 1 amide bonds. The minimum atomic E-state index is -0.171. The van der Waals surface area contributed by atoms with Gasteiger partial charge in [0.25, 0.3) is 5.91 Å². The number of nitrogens with one attached hydrogen (secondary N) is 1. The molecule has 1 N–H and O–H groups in total. The van der Waals surface area contributed by atoms with Crippen LogP contribution < -0.4 is 5.32 Å². The highest BCUT2D eigenvalue weighted by molar-refractivity contribution is 7.13. The monoisotopic (exact) mass is 608 g/mol. The maximum absolute atomic E-state index is 12.0. The highest BCUT2D eigenvalue weighted by Crippen LogP contribution is 2.17. The molecule has 1 aromatic heterocycles. The lowest BCUT2D eigenvalue weighted by Gasteiger charge is -2.04. The Balaban J connectivity index is 0. The van der Waals surface area contributed by atoms with Crippen LogP contribution in [0.4, 0.5) is 10.8 Å². The second-order valence-electron chi connectivity index (χ2n) is 10.6. The first-order valence-corrected chi connectivity index (χ1v) is 16.2. The number of aliphatic imine (C=N–C) groups is 2. The molecule has 1 aliphatic rings. The molecule has 0 fully saturated rings. The molecule has 0 spiro atoms. The summed E-state index contributed by atoms with van der Waals surface area (Å²) in [4.78, 5) is 35.4. The minimum Gasteiger partial charge on any atom is -0.298 e. The van der Waals surface area contributed by atoms with Crippen LogP contribution in [0, 0.1) is 11.8 Å². The van der Waals surface area contributed by atoms with Gasteiger partial charge >= 0.3 is 0 Å². The lowest BCUT2D eigenvalue weighted by atomic mass is 10.1. The van der Waals surface area contributed by atoms with Gasteiger partial charge in [-0.1, -0.05) is 93.0 Å². The van der Waals surface area contributed by atoms with Crippen LogP contribution in [-0.4, -0.2) is 28.6 Å². The Labute approximate surface area is 266 Å².